The molecule has 0 fully saturated rings. The van der Waals surface area contributed by atoms with Crippen LogP contribution in [0.1, 0.15) is 17.3 Å². The molecule has 110 valence electrons. The monoisotopic (exact) mass is 309 g/mol. The topological polar surface area (TPSA) is 38.8 Å². The minimum Gasteiger partial charge on any atom is -0.454 e. The van der Waals surface area contributed by atoms with Crippen molar-refractivity contribution in [3.63, 3.8) is 0 Å². The summed E-state index contributed by atoms with van der Waals surface area (Å²) in [5.74, 6) is -0.212. The van der Waals surface area contributed by atoms with Gasteiger partial charge in [-0.05, 0) is 19.1 Å². The van der Waals surface area contributed by atoms with Crippen LogP contribution in [0.3, 0.4) is 0 Å². The van der Waals surface area contributed by atoms with Gasteiger partial charge in [0.1, 0.15) is 6.54 Å². The van der Waals surface area contributed by atoms with E-state index >= 15 is 0 Å². The van der Waals surface area contributed by atoms with E-state index in [1.807, 2.05) is 0 Å². The van der Waals surface area contributed by atoms with Gasteiger partial charge < -0.3 is 14.4 Å². The molecule has 1 amide bonds. The van der Waals surface area contributed by atoms with Crippen LogP contribution in [0.2, 0.25) is 5.02 Å². The number of carbonyl (C=O) groups is 1. The number of amides is 1. The number of nitrogens with zero attached hydrogens (tertiary/aromatic N) is 1. The summed E-state index contributed by atoms with van der Waals surface area (Å²) >= 11 is 5.90. The van der Waals surface area contributed by atoms with Crippen molar-refractivity contribution >= 4 is 17.5 Å². The van der Waals surface area contributed by atoms with Crippen LogP contribution in [0.25, 0.3) is 0 Å². The number of halogens is 4. The molecule has 0 N–H and O–H groups in total. The number of hydrogen-bond acceptors (Lipinski definition) is 3. The van der Waals surface area contributed by atoms with Gasteiger partial charge in [-0.25, -0.2) is 0 Å². The van der Waals surface area contributed by atoms with Gasteiger partial charge in [0.2, 0.25) is 6.79 Å². The minimum atomic E-state index is -4.45. The molecule has 1 heterocycles. The van der Waals surface area contributed by atoms with Crippen LogP contribution in [-0.4, -0.2) is 36.9 Å². The highest BCUT2D eigenvalue weighted by atomic mass is 35.5. The lowest BCUT2D eigenvalue weighted by molar-refractivity contribution is -0.140. The van der Waals surface area contributed by atoms with Gasteiger partial charge in [-0.3, -0.25) is 4.79 Å². The van der Waals surface area contributed by atoms with Crippen molar-refractivity contribution in [2.75, 3.05) is 19.9 Å². The lowest BCUT2D eigenvalue weighted by Gasteiger charge is -2.22. The molecule has 0 saturated heterocycles. The van der Waals surface area contributed by atoms with Gasteiger partial charge in [-0.2, -0.15) is 13.2 Å². The number of carbonyl (C=O) groups excluding carboxylic acids is 1. The first-order chi connectivity index (χ1) is 9.31. The van der Waals surface area contributed by atoms with Gasteiger partial charge in [0.15, 0.2) is 11.5 Å². The first-order valence-corrected chi connectivity index (χ1v) is 6.15. The second kappa shape index (κ2) is 5.40. The summed E-state index contributed by atoms with van der Waals surface area (Å²) in [7, 11) is 0. The van der Waals surface area contributed by atoms with Crippen LogP contribution in [-0.2, 0) is 0 Å². The molecule has 1 aliphatic rings. The Kier molecular flexibility index (Phi) is 3.99. The van der Waals surface area contributed by atoms with E-state index in [4.69, 9.17) is 21.1 Å². The molecule has 8 heteroatoms. The lowest BCUT2D eigenvalue weighted by atomic mass is 10.1. The van der Waals surface area contributed by atoms with Crippen molar-refractivity contribution in [2.24, 2.45) is 0 Å². The molecule has 1 aromatic rings. The largest absolute Gasteiger partial charge is 0.454 e. The van der Waals surface area contributed by atoms with E-state index in [1.165, 1.54) is 19.1 Å². The van der Waals surface area contributed by atoms with Gasteiger partial charge in [0, 0.05) is 12.1 Å². The Hall–Kier alpha value is -1.63. The van der Waals surface area contributed by atoms with Crippen molar-refractivity contribution in [1.82, 2.24) is 4.90 Å². The van der Waals surface area contributed by atoms with Gasteiger partial charge >= 0.3 is 6.18 Å². The first-order valence-electron chi connectivity index (χ1n) is 5.77. The van der Waals surface area contributed by atoms with E-state index in [0.29, 0.717) is 10.6 Å². The van der Waals surface area contributed by atoms with E-state index in [9.17, 15) is 18.0 Å². The molecule has 0 radical (unpaired) electrons. The van der Waals surface area contributed by atoms with Gasteiger partial charge in [0.05, 0.1) is 5.02 Å². The zero-order valence-electron chi connectivity index (χ0n) is 10.5. The van der Waals surface area contributed by atoms with Crippen molar-refractivity contribution in [3.8, 4) is 11.5 Å². The summed E-state index contributed by atoms with van der Waals surface area (Å²) in [5.41, 5.74) is 0.0327. The van der Waals surface area contributed by atoms with Crippen molar-refractivity contribution in [2.45, 2.75) is 13.1 Å². The molecular formula is C12H11ClF3NO3. The molecular weight excluding hydrogens is 299 g/mol. The maximum absolute atomic E-state index is 12.4. The van der Waals surface area contributed by atoms with Gasteiger partial charge in [-0.15, -0.1) is 0 Å². The molecule has 0 aliphatic carbocycles. The third-order valence-electron chi connectivity index (χ3n) is 2.71. The quantitative estimate of drug-likeness (QED) is 0.861. The number of benzene rings is 1. The Morgan fingerprint density at radius 3 is 2.70 bits per heavy atom. The number of fused-ring (bicyclic) bond motifs is 1. The highest BCUT2D eigenvalue weighted by Gasteiger charge is 2.33. The lowest BCUT2D eigenvalue weighted by Crippen LogP contribution is -2.38. The van der Waals surface area contributed by atoms with Crippen molar-refractivity contribution in [1.29, 1.82) is 0 Å². The van der Waals surface area contributed by atoms with Crippen molar-refractivity contribution in [3.05, 3.63) is 22.7 Å². The first kappa shape index (κ1) is 14.8. The molecule has 4 nitrogen and oxygen atoms in total. The molecule has 1 aliphatic heterocycles. The maximum atomic E-state index is 12.4. The fraction of sp³-hybridized carbons (Fsp3) is 0.417. The normalized spacial score (nSPS) is 13.4. The molecule has 0 spiro atoms. The number of rotatable bonds is 3. The second-order valence-corrected chi connectivity index (χ2v) is 4.53. The van der Waals surface area contributed by atoms with E-state index in [-0.39, 0.29) is 29.7 Å². The Balaban J connectivity index is 2.26. The van der Waals surface area contributed by atoms with Crippen LogP contribution in [0.4, 0.5) is 13.2 Å². The number of alkyl halides is 3. The summed E-state index contributed by atoms with van der Waals surface area (Å²) in [6, 6.07) is 2.60. The molecule has 1 aromatic carbocycles. The summed E-state index contributed by atoms with van der Waals surface area (Å²) in [5, 5.41) is 0.131. The average molecular weight is 310 g/mol. The van der Waals surface area contributed by atoms with Crippen LogP contribution in [0.15, 0.2) is 12.1 Å². The molecule has 0 unspecified atom stereocenters. The van der Waals surface area contributed by atoms with E-state index in [1.54, 1.807) is 0 Å². The fourth-order valence-electron chi connectivity index (χ4n) is 1.82. The van der Waals surface area contributed by atoms with E-state index < -0.39 is 18.6 Å². The Morgan fingerprint density at radius 1 is 1.40 bits per heavy atom. The molecule has 0 aromatic heterocycles. The highest BCUT2D eigenvalue weighted by Crippen LogP contribution is 2.40. The Bertz CT molecular complexity index is 533. The third kappa shape index (κ3) is 3.09. The predicted molar refractivity (Wildman–Crippen MR) is 65.2 cm³/mol. The number of hydrogen-bond donors (Lipinski definition) is 0. The predicted octanol–water partition coefficient (Wildman–Crippen LogP) is 3.09. The molecule has 0 atom stereocenters. The summed E-state index contributed by atoms with van der Waals surface area (Å²) in [6.45, 7) is 0.0593. The van der Waals surface area contributed by atoms with E-state index in [2.05, 4.69) is 0 Å². The summed E-state index contributed by atoms with van der Waals surface area (Å²) in [6.07, 6.45) is -4.45. The Morgan fingerprint density at radius 2 is 2.10 bits per heavy atom. The van der Waals surface area contributed by atoms with Crippen molar-refractivity contribution < 1.29 is 27.4 Å². The van der Waals surface area contributed by atoms with Crippen LogP contribution in [0, 0.1) is 0 Å². The standard InChI is InChI=1S/C12H11ClF3NO3/c1-2-17(5-12(14,15)16)11(18)7-3-8(13)10-9(4-7)19-6-20-10/h3-4H,2,5-6H2,1H3. The van der Waals surface area contributed by atoms with Crippen LogP contribution < -0.4 is 9.47 Å². The average Bonchev–Trinajstić information content (AvgIpc) is 2.82. The number of ether oxygens (including phenoxy) is 2. The maximum Gasteiger partial charge on any atom is 0.406 e. The Labute approximate surface area is 118 Å². The fourth-order valence-corrected chi connectivity index (χ4v) is 2.08. The third-order valence-corrected chi connectivity index (χ3v) is 2.99. The molecule has 0 saturated carbocycles. The molecule has 0 bridgehead atoms. The van der Waals surface area contributed by atoms with Crippen LogP contribution >= 0.6 is 11.6 Å². The summed E-state index contributed by atoms with van der Waals surface area (Å²) in [4.78, 5) is 12.8. The van der Waals surface area contributed by atoms with Gasteiger partial charge in [-0.1, -0.05) is 11.6 Å². The van der Waals surface area contributed by atoms with Crippen LogP contribution in [0.5, 0.6) is 11.5 Å². The molecule has 20 heavy (non-hydrogen) atoms. The SMILES string of the molecule is CCN(CC(F)(F)F)C(=O)c1cc(Cl)c2c(c1)OCO2. The van der Waals surface area contributed by atoms with Gasteiger partial charge in [0.25, 0.3) is 5.91 Å². The van der Waals surface area contributed by atoms with E-state index in [0.717, 1.165) is 0 Å². The zero-order valence-corrected chi connectivity index (χ0v) is 11.2. The zero-order chi connectivity index (χ0) is 14.9. The highest BCUT2D eigenvalue weighted by molar-refractivity contribution is 6.32. The second-order valence-electron chi connectivity index (χ2n) is 4.13. The smallest absolute Gasteiger partial charge is 0.406 e. The molecule has 2 rings (SSSR count). The summed E-state index contributed by atoms with van der Waals surface area (Å²) < 4.78 is 47.4. The minimum absolute atomic E-state index is 0.0327.